The maximum atomic E-state index is 7.53. The summed E-state index contributed by atoms with van der Waals surface area (Å²) in [6, 6.07) is 14.5. The molecule has 1 aromatic heterocycles. The summed E-state index contributed by atoms with van der Waals surface area (Å²) < 4.78 is 5.29. The Labute approximate surface area is 166 Å². The van der Waals surface area contributed by atoms with E-state index in [0.29, 0.717) is 35.6 Å². The number of nitrogens with two attached hydrogens (primary N) is 1. The number of aromatic nitrogens is 1. The third-order valence-electron chi connectivity index (χ3n) is 4.70. The summed E-state index contributed by atoms with van der Waals surface area (Å²) in [6.45, 7) is 5.63. The summed E-state index contributed by atoms with van der Waals surface area (Å²) in [5, 5.41) is 8.04. The minimum Gasteiger partial charge on any atom is -0.491 e. The Balaban J connectivity index is 0.000000205. The van der Waals surface area contributed by atoms with Gasteiger partial charge in [0.2, 0.25) is 0 Å². The highest BCUT2D eigenvalue weighted by atomic mass is 32.1. The summed E-state index contributed by atoms with van der Waals surface area (Å²) in [5.74, 6) is 0.740. The Bertz CT molecular complexity index is 804. The second-order valence-electron chi connectivity index (χ2n) is 6.59. The number of anilines is 1. The second-order valence-corrected chi connectivity index (χ2v) is 7.01. The third-order valence-corrected chi connectivity index (χ3v) is 4.93. The van der Waals surface area contributed by atoms with Gasteiger partial charge in [-0.15, -0.1) is 0 Å². The van der Waals surface area contributed by atoms with Gasteiger partial charge in [-0.3, -0.25) is 4.98 Å². The fraction of sp³-hybridized carbons (Fsp3) is 0.350. The number of fused-ring (bicyclic) bond motifs is 1. The fourth-order valence-corrected chi connectivity index (χ4v) is 3.54. The van der Waals surface area contributed by atoms with Gasteiger partial charge in [0.1, 0.15) is 11.4 Å². The standard InChI is InChI=1S/C12H17N3S.C8H8N2O.H2/c1-10-9-14(7-8-15(10)12(13)16)11-5-3-2-4-6-11;9-6-3-5-11-7-2-1-4-10-8(6)7;/h2-6,10H,7-9H2,1H3,(H2,13,16);1-2,4,9H,3,5H2;1H. The van der Waals surface area contributed by atoms with Crippen molar-refractivity contribution in [2.24, 2.45) is 5.73 Å². The summed E-state index contributed by atoms with van der Waals surface area (Å²) >= 11 is 5.03. The quantitative estimate of drug-likeness (QED) is 0.735. The summed E-state index contributed by atoms with van der Waals surface area (Å²) in [7, 11) is 0. The lowest BCUT2D eigenvalue weighted by Crippen LogP contribution is -2.55. The van der Waals surface area contributed by atoms with Crippen LogP contribution in [0.4, 0.5) is 5.69 Å². The molecular formula is C20H27N5OS. The van der Waals surface area contributed by atoms with Gasteiger partial charge in [0.25, 0.3) is 0 Å². The SMILES string of the molecule is CC1CN(c2ccccc2)CCN1C(N)=S.N=C1CCOc2cccnc21.[HH]. The molecular weight excluding hydrogens is 358 g/mol. The van der Waals surface area contributed by atoms with E-state index in [2.05, 4.69) is 46.0 Å². The normalized spacial score (nSPS) is 18.7. The minimum absolute atomic E-state index is 0. The van der Waals surface area contributed by atoms with Gasteiger partial charge in [0.15, 0.2) is 5.11 Å². The van der Waals surface area contributed by atoms with Gasteiger partial charge in [0.05, 0.1) is 12.3 Å². The van der Waals surface area contributed by atoms with Crippen molar-refractivity contribution in [3.63, 3.8) is 0 Å². The van der Waals surface area contributed by atoms with E-state index in [1.807, 2.05) is 18.2 Å². The summed E-state index contributed by atoms with van der Waals surface area (Å²) in [4.78, 5) is 8.52. The van der Waals surface area contributed by atoms with Crippen LogP contribution in [0, 0.1) is 5.41 Å². The average Bonchev–Trinajstić information content (AvgIpc) is 2.69. The first-order chi connectivity index (χ1) is 13.1. The van der Waals surface area contributed by atoms with Crippen LogP contribution in [0.2, 0.25) is 0 Å². The number of benzene rings is 1. The van der Waals surface area contributed by atoms with Crippen LogP contribution in [0.15, 0.2) is 48.7 Å². The molecule has 0 amide bonds. The van der Waals surface area contributed by atoms with Gasteiger partial charge >= 0.3 is 0 Å². The van der Waals surface area contributed by atoms with Crippen molar-refractivity contribution in [1.29, 1.82) is 5.41 Å². The van der Waals surface area contributed by atoms with Gasteiger partial charge in [0, 0.05) is 45.4 Å². The van der Waals surface area contributed by atoms with Crippen LogP contribution in [0.5, 0.6) is 5.75 Å². The maximum absolute atomic E-state index is 7.53. The number of thiocarbonyl (C=S) groups is 1. The molecule has 0 spiro atoms. The van der Waals surface area contributed by atoms with Crippen LogP contribution in [0.3, 0.4) is 0 Å². The molecule has 1 unspecified atom stereocenters. The van der Waals surface area contributed by atoms with Gasteiger partial charge in [-0.05, 0) is 43.4 Å². The molecule has 0 bridgehead atoms. The molecule has 2 aliphatic rings. The Morgan fingerprint density at radius 1 is 1.26 bits per heavy atom. The monoisotopic (exact) mass is 385 g/mol. The first-order valence-electron chi connectivity index (χ1n) is 9.08. The number of rotatable bonds is 1. The molecule has 0 aliphatic carbocycles. The largest absolute Gasteiger partial charge is 0.491 e. The highest BCUT2D eigenvalue weighted by Crippen LogP contribution is 2.21. The molecule has 3 heterocycles. The molecule has 7 heteroatoms. The first-order valence-corrected chi connectivity index (χ1v) is 9.48. The summed E-state index contributed by atoms with van der Waals surface area (Å²) in [6.07, 6.45) is 2.35. The van der Waals surface area contributed by atoms with Gasteiger partial charge in [-0.1, -0.05) is 18.2 Å². The number of ether oxygens (including phenoxy) is 1. The molecule has 4 rings (SSSR count). The molecule has 2 aliphatic heterocycles. The van der Waals surface area contributed by atoms with E-state index in [1.54, 1.807) is 6.20 Å². The molecule has 1 fully saturated rings. The molecule has 3 N–H and O–H groups in total. The van der Waals surface area contributed by atoms with E-state index in [4.69, 9.17) is 28.1 Å². The van der Waals surface area contributed by atoms with Crippen molar-refractivity contribution >= 4 is 28.7 Å². The second kappa shape index (κ2) is 8.81. The topological polar surface area (TPSA) is 78.5 Å². The zero-order chi connectivity index (χ0) is 19.2. The van der Waals surface area contributed by atoms with Crippen molar-refractivity contribution in [2.75, 3.05) is 31.1 Å². The molecule has 0 saturated carbocycles. The number of hydrogen-bond donors (Lipinski definition) is 2. The number of pyridine rings is 1. The molecule has 2 aromatic rings. The van der Waals surface area contributed by atoms with E-state index >= 15 is 0 Å². The Morgan fingerprint density at radius 3 is 2.70 bits per heavy atom. The van der Waals surface area contributed by atoms with E-state index in [1.165, 1.54) is 5.69 Å². The van der Waals surface area contributed by atoms with Crippen LogP contribution in [-0.4, -0.2) is 53.0 Å². The number of nitrogens with zero attached hydrogens (tertiary/aromatic N) is 3. The molecule has 27 heavy (non-hydrogen) atoms. The van der Waals surface area contributed by atoms with E-state index in [9.17, 15) is 0 Å². The van der Waals surface area contributed by atoms with E-state index in [-0.39, 0.29) is 1.43 Å². The minimum atomic E-state index is 0. The fourth-order valence-electron chi connectivity index (χ4n) is 3.27. The van der Waals surface area contributed by atoms with Gasteiger partial charge in [-0.2, -0.15) is 0 Å². The Morgan fingerprint density at radius 2 is 2.04 bits per heavy atom. The molecule has 1 aromatic carbocycles. The highest BCUT2D eigenvalue weighted by molar-refractivity contribution is 7.80. The number of para-hydroxylation sites is 1. The van der Waals surface area contributed by atoms with Crippen molar-refractivity contribution in [3.8, 4) is 5.75 Å². The van der Waals surface area contributed by atoms with Crippen molar-refractivity contribution in [2.45, 2.75) is 19.4 Å². The third kappa shape index (κ3) is 4.74. The number of nitrogens with one attached hydrogen (secondary N) is 1. The van der Waals surface area contributed by atoms with Crippen LogP contribution in [0.1, 0.15) is 20.5 Å². The van der Waals surface area contributed by atoms with Crippen LogP contribution < -0.4 is 15.4 Å². The molecule has 1 atom stereocenters. The lowest BCUT2D eigenvalue weighted by Gasteiger charge is -2.41. The molecule has 1 saturated heterocycles. The van der Waals surface area contributed by atoms with Crippen LogP contribution in [0.25, 0.3) is 0 Å². The predicted molar refractivity (Wildman–Crippen MR) is 115 cm³/mol. The van der Waals surface area contributed by atoms with Crippen LogP contribution in [-0.2, 0) is 0 Å². The molecule has 144 valence electrons. The smallest absolute Gasteiger partial charge is 0.166 e. The number of hydrogen-bond acceptors (Lipinski definition) is 5. The van der Waals surface area contributed by atoms with E-state index < -0.39 is 0 Å². The Kier molecular flexibility index (Phi) is 6.24. The lowest BCUT2D eigenvalue weighted by molar-refractivity contribution is 0.300. The molecule has 6 nitrogen and oxygen atoms in total. The zero-order valence-corrected chi connectivity index (χ0v) is 16.3. The Hall–Kier alpha value is -2.67. The van der Waals surface area contributed by atoms with E-state index in [0.717, 1.165) is 25.4 Å². The van der Waals surface area contributed by atoms with Crippen molar-refractivity contribution in [1.82, 2.24) is 9.88 Å². The summed E-state index contributed by atoms with van der Waals surface area (Å²) in [5.41, 5.74) is 8.22. The average molecular weight is 386 g/mol. The van der Waals surface area contributed by atoms with Gasteiger partial charge < -0.3 is 25.7 Å². The molecule has 0 radical (unpaired) electrons. The maximum Gasteiger partial charge on any atom is 0.166 e. The first kappa shape index (κ1) is 19.1. The lowest BCUT2D eigenvalue weighted by atomic mass is 10.1. The predicted octanol–water partition coefficient (Wildman–Crippen LogP) is 2.92. The highest BCUT2D eigenvalue weighted by Gasteiger charge is 2.24. The van der Waals surface area contributed by atoms with Crippen LogP contribution >= 0.6 is 12.2 Å². The zero-order valence-electron chi connectivity index (χ0n) is 15.5. The van der Waals surface area contributed by atoms with Crippen molar-refractivity contribution in [3.05, 3.63) is 54.4 Å². The number of piperazine rings is 1. The van der Waals surface area contributed by atoms with Crippen molar-refractivity contribution < 1.29 is 6.16 Å². The van der Waals surface area contributed by atoms with Gasteiger partial charge in [-0.25, -0.2) is 0 Å².